The van der Waals surface area contributed by atoms with E-state index in [9.17, 15) is 31.1 Å². The number of rotatable bonds is 3. The topological polar surface area (TPSA) is 54.3 Å². The van der Waals surface area contributed by atoms with Crippen LogP contribution in [-0.4, -0.2) is 51.4 Å². The van der Waals surface area contributed by atoms with Gasteiger partial charge in [-0.2, -0.15) is 31.4 Å². The lowest BCUT2D eigenvalue weighted by Gasteiger charge is -2.41. The smallest absolute Gasteiger partial charge is 0.348 e. The van der Waals surface area contributed by atoms with E-state index < -0.39 is 29.4 Å². The highest BCUT2D eigenvalue weighted by Gasteiger charge is 2.52. The molecule has 6 nitrogen and oxygen atoms in total. The van der Waals surface area contributed by atoms with E-state index in [1.165, 1.54) is 29.6 Å². The molecule has 34 heavy (non-hydrogen) atoms. The summed E-state index contributed by atoms with van der Waals surface area (Å²) in [5.74, 6) is -0.595. The van der Waals surface area contributed by atoms with Crippen LogP contribution in [0.5, 0.6) is 0 Å². The van der Waals surface area contributed by atoms with Crippen LogP contribution < -0.4 is 4.90 Å². The van der Waals surface area contributed by atoms with Crippen molar-refractivity contribution in [3.8, 4) is 0 Å². The highest BCUT2D eigenvalue weighted by atomic mass is 19.4. The molecule has 4 rings (SSSR count). The summed E-state index contributed by atoms with van der Waals surface area (Å²) in [6.07, 6.45) is -6.91. The Morgan fingerprint density at radius 3 is 2.32 bits per heavy atom. The SMILES string of the molecule is CC(C)(C1CCN(C(=O)c2cccnc2N2CCn3nc(C(F)(F)F)cc3C2)CC1)C(F)(F)F. The molecule has 0 unspecified atom stereocenters. The number of likely N-dealkylation sites (tertiary alicyclic amines) is 1. The third-order valence-corrected chi connectivity index (χ3v) is 6.94. The van der Waals surface area contributed by atoms with Gasteiger partial charge in [0.15, 0.2) is 5.69 Å². The molecule has 2 aromatic heterocycles. The molecular weight excluding hydrogens is 464 g/mol. The molecule has 1 fully saturated rings. The van der Waals surface area contributed by atoms with E-state index in [-0.39, 0.29) is 50.5 Å². The molecule has 1 saturated heterocycles. The maximum Gasteiger partial charge on any atom is 0.435 e. The fourth-order valence-corrected chi connectivity index (χ4v) is 4.61. The summed E-state index contributed by atoms with van der Waals surface area (Å²) in [4.78, 5) is 20.8. The van der Waals surface area contributed by atoms with Crippen molar-refractivity contribution in [2.24, 2.45) is 11.3 Å². The fraction of sp³-hybridized carbons (Fsp3) is 0.591. The van der Waals surface area contributed by atoms with Crippen LogP contribution in [0, 0.1) is 11.3 Å². The molecule has 186 valence electrons. The average Bonchev–Trinajstić information content (AvgIpc) is 3.22. The van der Waals surface area contributed by atoms with Crippen molar-refractivity contribution >= 4 is 11.7 Å². The Hall–Kier alpha value is -2.79. The molecule has 0 bridgehead atoms. The summed E-state index contributed by atoms with van der Waals surface area (Å²) in [6.45, 7) is 3.39. The Bertz CT molecular complexity index is 1050. The van der Waals surface area contributed by atoms with E-state index in [1.54, 1.807) is 17.0 Å². The number of fused-ring (bicyclic) bond motifs is 1. The number of carbonyl (C=O) groups is 1. The Labute approximate surface area is 192 Å². The second-order valence-electron chi connectivity index (χ2n) is 9.32. The lowest BCUT2D eigenvalue weighted by atomic mass is 9.73. The zero-order valence-electron chi connectivity index (χ0n) is 18.7. The second-order valence-corrected chi connectivity index (χ2v) is 9.32. The molecule has 12 heteroatoms. The van der Waals surface area contributed by atoms with Crippen molar-refractivity contribution in [1.82, 2.24) is 19.7 Å². The first-order valence-electron chi connectivity index (χ1n) is 11.0. The lowest BCUT2D eigenvalue weighted by molar-refractivity contribution is -0.233. The molecule has 0 spiro atoms. The molecule has 0 aromatic carbocycles. The molecule has 2 aliphatic rings. The van der Waals surface area contributed by atoms with Crippen LogP contribution in [0.3, 0.4) is 0 Å². The summed E-state index contributed by atoms with van der Waals surface area (Å²) < 4.78 is 80.6. The van der Waals surface area contributed by atoms with Crippen LogP contribution in [-0.2, 0) is 19.3 Å². The van der Waals surface area contributed by atoms with Gasteiger partial charge in [0.25, 0.3) is 5.91 Å². The first-order valence-corrected chi connectivity index (χ1v) is 11.0. The van der Waals surface area contributed by atoms with Crippen molar-refractivity contribution in [2.45, 2.75) is 52.1 Å². The van der Waals surface area contributed by atoms with Crippen LogP contribution in [0.15, 0.2) is 24.4 Å². The predicted octanol–water partition coefficient (Wildman–Crippen LogP) is 4.76. The monoisotopic (exact) mass is 489 g/mol. The van der Waals surface area contributed by atoms with Gasteiger partial charge in [-0.3, -0.25) is 9.48 Å². The van der Waals surface area contributed by atoms with Gasteiger partial charge < -0.3 is 9.80 Å². The molecule has 0 saturated carbocycles. The lowest BCUT2D eigenvalue weighted by Crippen LogP contribution is -2.47. The number of amides is 1. The van der Waals surface area contributed by atoms with Crippen LogP contribution in [0.25, 0.3) is 0 Å². The van der Waals surface area contributed by atoms with Gasteiger partial charge in [0, 0.05) is 25.8 Å². The first kappa shape index (κ1) is 24.3. The minimum Gasteiger partial charge on any atom is -0.348 e. The molecule has 0 radical (unpaired) electrons. The number of halogens is 6. The molecule has 0 atom stereocenters. The van der Waals surface area contributed by atoms with E-state index in [4.69, 9.17) is 0 Å². The number of nitrogens with zero attached hydrogens (tertiary/aromatic N) is 5. The van der Waals surface area contributed by atoms with Crippen molar-refractivity contribution in [2.75, 3.05) is 24.5 Å². The van der Waals surface area contributed by atoms with Crippen molar-refractivity contribution in [3.63, 3.8) is 0 Å². The van der Waals surface area contributed by atoms with Gasteiger partial charge in [-0.05, 0) is 37.0 Å². The van der Waals surface area contributed by atoms with Crippen LogP contribution in [0.1, 0.15) is 48.4 Å². The Kier molecular flexibility index (Phi) is 6.05. The average molecular weight is 489 g/mol. The third kappa shape index (κ3) is 4.46. The van der Waals surface area contributed by atoms with Crippen molar-refractivity contribution in [1.29, 1.82) is 0 Å². The number of piperidine rings is 1. The van der Waals surface area contributed by atoms with E-state index in [0.29, 0.717) is 18.1 Å². The third-order valence-electron chi connectivity index (χ3n) is 6.94. The highest BCUT2D eigenvalue weighted by Crippen LogP contribution is 2.47. The number of pyridine rings is 1. The van der Waals surface area contributed by atoms with Gasteiger partial charge in [-0.25, -0.2) is 4.98 Å². The fourth-order valence-electron chi connectivity index (χ4n) is 4.61. The summed E-state index contributed by atoms with van der Waals surface area (Å²) >= 11 is 0. The van der Waals surface area contributed by atoms with Gasteiger partial charge >= 0.3 is 12.4 Å². The summed E-state index contributed by atoms with van der Waals surface area (Å²) in [6, 6.07) is 4.17. The Morgan fingerprint density at radius 2 is 1.71 bits per heavy atom. The van der Waals surface area contributed by atoms with Gasteiger partial charge in [-0.1, -0.05) is 13.8 Å². The minimum absolute atomic E-state index is 0.0994. The zero-order valence-corrected chi connectivity index (χ0v) is 18.7. The standard InChI is InChI=1S/C22H25F6N5O/c1-20(2,22(26,27)28)14-5-8-31(9-6-14)19(34)16-4-3-7-29-18(16)32-10-11-33-15(13-32)12-17(30-33)21(23,24)25/h3-4,7,12,14H,5-6,8-11,13H2,1-2H3. The Morgan fingerprint density at radius 1 is 1.03 bits per heavy atom. The number of hydrogen-bond donors (Lipinski definition) is 0. The van der Waals surface area contributed by atoms with Gasteiger partial charge in [0.05, 0.1) is 29.8 Å². The molecule has 2 aromatic rings. The summed E-state index contributed by atoms with van der Waals surface area (Å²) in [7, 11) is 0. The number of carbonyl (C=O) groups excluding carboxylic acids is 1. The molecule has 0 N–H and O–H groups in total. The molecule has 4 heterocycles. The van der Waals surface area contributed by atoms with E-state index >= 15 is 0 Å². The molecule has 0 aliphatic carbocycles. The van der Waals surface area contributed by atoms with Crippen molar-refractivity contribution in [3.05, 3.63) is 41.3 Å². The van der Waals surface area contributed by atoms with Crippen LogP contribution in [0.4, 0.5) is 32.2 Å². The Balaban J connectivity index is 1.49. The largest absolute Gasteiger partial charge is 0.435 e. The van der Waals surface area contributed by atoms with Crippen molar-refractivity contribution < 1.29 is 31.1 Å². The number of alkyl halides is 6. The van der Waals surface area contributed by atoms with Crippen LogP contribution in [0.2, 0.25) is 0 Å². The maximum absolute atomic E-state index is 13.4. The number of anilines is 1. The van der Waals surface area contributed by atoms with E-state index in [2.05, 4.69) is 10.1 Å². The molecule has 2 aliphatic heterocycles. The molecular formula is C22H25F6N5O. The van der Waals surface area contributed by atoms with E-state index in [1.807, 2.05) is 0 Å². The van der Waals surface area contributed by atoms with E-state index in [0.717, 1.165) is 6.07 Å². The van der Waals surface area contributed by atoms with Gasteiger partial charge in [-0.15, -0.1) is 0 Å². The zero-order chi connectivity index (χ0) is 24.9. The van der Waals surface area contributed by atoms with Gasteiger partial charge in [0.2, 0.25) is 0 Å². The minimum atomic E-state index is -4.55. The predicted molar refractivity (Wildman–Crippen MR) is 111 cm³/mol. The molecule has 1 amide bonds. The second kappa shape index (κ2) is 8.46. The summed E-state index contributed by atoms with van der Waals surface area (Å²) in [5, 5.41) is 3.61. The maximum atomic E-state index is 13.4. The highest BCUT2D eigenvalue weighted by molar-refractivity contribution is 5.99. The first-order chi connectivity index (χ1) is 15.8. The summed E-state index contributed by atoms with van der Waals surface area (Å²) in [5.41, 5.74) is -2.17. The van der Waals surface area contributed by atoms with Gasteiger partial charge in [0.1, 0.15) is 5.82 Å². The quantitative estimate of drug-likeness (QED) is 0.584. The van der Waals surface area contributed by atoms with Crippen LogP contribution >= 0.6 is 0 Å². The number of hydrogen-bond acceptors (Lipinski definition) is 4. The normalized spacial score (nSPS) is 18.2. The number of aromatic nitrogens is 3.